The van der Waals surface area contributed by atoms with Gasteiger partial charge in [-0.15, -0.1) is 0 Å². The van der Waals surface area contributed by atoms with Gasteiger partial charge in [0.15, 0.2) is 17.0 Å². The Hall–Kier alpha value is -2.91. The molecule has 9 heteroatoms. The molecule has 1 aliphatic heterocycles. The van der Waals surface area contributed by atoms with Crippen molar-refractivity contribution < 1.29 is 9.13 Å². The molecule has 0 spiro atoms. The maximum Gasteiger partial charge on any atom is 0.224 e. The Morgan fingerprint density at radius 1 is 1.15 bits per heavy atom. The molecule has 3 heterocycles. The van der Waals surface area contributed by atoms with Crippen LogP contribution in [0.4, 0.5) is 16.2 Å². The van der Waals surface area contributed by atoms with Gasteiger partial charge in [0.05, 0.1) is 31.1 Å². The van der Waals surface area contributed by atoms with Gasteiger partial charge in [-0.2, -0.15) is 9.97 Å². The zero-order valence-corrected chi connectivity index (χ0v) is 14.0. The predicted molar refractivity (Wildman–Crippen MR) is 94.3 cm³/mol. The Labute approximate surface area is 149 Å². The number of nitrogens with zero attached hydrogens (tertiary/aromatic N) is 5. The number of halogens is 1. The average molecular weight is 355 g/mol. The summed E-state index contributed by atoms with van der Waals surface area (Å²) in [6, 6.07) is 6.49. The summed E-state index contributed by atoms with van der Waals surface area (Å²) in [4.78, 5) is 19.0. The van der Waals surface area contributed by atoms with Crippen molar-refractivity contribution >= 4 is 22.9 Å². The second kappa shape index (κ2) is 6.77. The molecule has 0 aliphatic carbocycles. The Bertz CT molecular complexity index is 934. The number of nitrogen functional groups attached to an aromatic ring is 2. The average Bonchev–Trinajstić information content (AvgIpc) is 2.63. The summed E-state index contributed by atoms with van der Waals surface area (Å²) >= 11 is 0. The van der Waals surface area contributed by atoms with Gasteiger partial charge >= 0.3 is 0 Å². The van der Waals surface area contributed by atoms with Crippen LogP contribution in [0.5, 0.6) is 0 Å². The van der Waals surface area contributed by atoms with Gasteiger partial charge in [-0.25, -0.2) is 14.4 Å². The van der Waals surface area contributed by atoms with E-state index in [0.29, 0.717) is 30.9 Å². The Morgan fingerprint density at radius 3 is 2.77 bits per heavy atom. The fraction of sp³-hybridized carbons (Fsp3) is 0.294. The molecule has 4 N–H and O–H groups in total. The van der Waals surface area contributed by atoms with Gasteiger partial charge < -0.3 is 16.2 Å². The molecule has 1 aliphatic rings. The van der Waals surface area contributed by atoms with E-state index < -0.39 is 0 Å². The highest BCUT2D eigenvalue weighted by atomic mass is 19.1. The number of fused-ring (bicyclic) bond motifs is 1. The first-order valence-corrected chi connectivity index (χ1v) is 8.22. The predicted octanol–water partition coefficient (Wildman–Crippen LogP) is 1.30. The number of hydrogen-bond acceptors (Lipinski definition) is 8. The number of aromatic nitrogens is 4. The zero-order chi connectivity index (χ0) is 18.1. The number of morpholine rings is 1. The van der Waals surface area contributed by atoms with Gasteiger partial charge in [-0.3, -0.25) is 4.90 Å². The van der Waals surface area contributed by atoms with Gasteiger partial charge in [0.25, 0.3) is 0 Å². The van der Waals surface area contributed by atoms with Gasteiger partial charge in [0.1, 0.15) is 5.82 Å². The van der Waals surface area contributed by atoms with E-state index in [2.05, 4.69) is 24.8 Å². The second-order valence-corrected chi connectivity index (χ2v) is 6.11. The number of ether oxygens (including phenoxy) is 1. The Balaban J connectivity index is 1.62. The Morgan fingerprint density at radius 2 is 1.96 bits per heavy atom. The van der Waals surface area contributed by atoms with E-state index in [4.69, 9.17) is 16.2 Å². The van der Waals surface area contributed by atoms with E-state index in [1.807, 2.05) is 0 Å². The summed E-state index contributed by atoms with van der Waals surface area (Å²) in [5.74, 6) is 0.0210. The molecular weight excluding hydrogens is 337 g/mol. The highest BCUT2D eigenvalue weighted by Gasteiger charge is 2.25. The lowest BCUT2D eigenvalue weighted by atomic mass is 10.0. The van der Waals surface area contributed by atoms with Crippen LogP contribution in [0, 0.1) is 5.82 Å². The lowest BCUT2D eigenvalue weighted by Crippen LogP contribution is -2.39. The van der Waals surface area contributed by atoms with Crippen molar-refractivity contribution in [3.05, 3.63) is 47.5 Å². The minimum atomic E-state index is -0.257. The molecule has 26 heavy (non-hydrogen) atoms. The van der Waals surface area contributed by atoms with Crippen molar-refractivity contribution in [1.29, 1.82) is 0 Å². The van der Waals surface area contributed by atoms with Crippen molar-refractivity contribution in [2.45, 2.75) is 12.6 Å². The van der Waals surface area contributed by atoms with E-state index >= 15 is 0 Å². The fourth-order valence-electron chi connectivity index (χ4n) is 3.09. The lowest BCUT2D eigenvalue weighted by molar-refractivity contribution is -0.0132. The van der Waals surface area contributed by atoms with Crippen LogP contribution < -0.4 is 11.5 Å². The van der Waals surface area contributed by atoms with Gasteiger partial charge in [-0.05, 0) is 17.7 Å². The summed E-state index contributed by atoms with van der Waals surface area (Å²) in [6.45, 7) is 2.45. The molecule has 1 atom stereocenters. The van der Waals surface area contributed by atoms with Crippen LogP contribution in [-0.2, 0) is 11.3 Å². The van der Waals surface area contributed by atoms with Crippen LogP contribution >= 0.6 is 0 Å². The zero-order valence-electron chi connectivity index (χ0n) is 14.0. The van der Waals surface area contributed by atoms with Crippen LogP contribution in [-0.4, -0.2) is 44.6 Å². The van der Waals surface area contributed by atoms with Crippen LogP contribution in [0.2, 0.25) is 0 Å². The first-order chi connectivity index (χ1) is 12.6. The van der Waals surface area contributed by atoms with E-state index in [0.717, 1.165) is 17.8 Å². The molecule has 0 bridgehead atoms. The van der Waals surface area contributed by atoms with Crippen LogP contribution in [0.25, 0.3) is 11.2 Å². The summed E-state index contributed by atoms with van der Waals surface area (Å²) in [6.07, 6.45) is 1.66. The van der Waals surface area contributed by atoms with Crippen LogP contribution in [0.15, 0.2) is 30.5 Å². The van der Waals surface area contributed by atoms with E-state index in [9.17, 15) is 4.39 Å². The number of nitrogens with two attached hydrogens (primary N) is 2. The van der Waals surface area contributed by atoms with Crippen molar-refractivity contribution in [2.24, 2.45) is 0 Å². The summed E-state index contributed by atoms with van der Waals surface area (Å²) in [7, 11) is 0. The second-order valence-electron chi connectivity index (χ2n) is 6.11. The van der Waals surface area contributed by atoms with Gasteiger partial charge in [-0.1, -0.05) is 12.1 Å². The van der Waals surface area contributed by atoms with Gasteiger partial charge in [0.2, 0.25) is 5.95 Å². The molecule has 1 aromatic carbocycles. The molecule has 1 unspecified atom stereocenters. The normalized spacial score (nSPS) is 18.3. The largest absolute Gasteiger partial charge is 0.382 e. The van der Waals surface area contributed by atoms with Crippen molar-refractivity contribution in [3.63, 3.8) is 0 Å². The van der Waals surface area contributed by atoms with Crippen molar-refractivity contribution in [2.75, 3.05) is 31.2 Å². The Kier molecular flexibility index (Phi) is 4.31. The molecule has 0 radical (unpaired) electrons. The molecule has 4 rings (SSSR count). The molecule has 134 valence electrons. The lowest BCUT2D eigenvalue weighted by Gasteiger charge is -2.35. The number of hydrogen-bond donors (Lipinski definition) is 2. The van der Waals surface area contributed by atoms with E-state index in [1.54, 1.807) is 18.3 Å². The van der Waals surface area contributed by atoms with E-state index in [1.165, 1.54) is 12.1 Å². The summed E-state index contributed by atoms with van der Waals surface area (Å²) < 4.78 is 18.8. The molecule has 8 nitrogen and oxygen atoms in total. The number of benzene rings is 1. The molecule has 2 aromatic heterocycles. The monoisotopic (exact) mass is 355 g/mol. The molecule has 1 saturated heterocycles. The molecule has 3 aromatic rings. The highest BCUT2D eigenvalue weighted by Crippen LogP contribution is 2.26. The third-order valence-corrected chi connectivity index (χ3v) is 4.36. The minimum Gasteiger partial charge on any atom is -0.382 e. The topological polar surface area (TPSA) is 116 Å². The molecule has 1 fully saturated rings. The molecular formula is C17H18FN7O. The van der Waals surface area contributed by atoms with Crippen LogP contribution in [0.3, 0.4) is 0 Å². The third-order valence-electron chi connectivity index (χ3n) is 4.36. The van der Waals surface area contributed by atoms with Crippen LogP contribution in [0.1, 0.15) is 17.3 Å². The number of anilines is 2. The third kappa shape index (κ3) is 3.26. The maximum absolute atomic E-state index is 13.2. The van der Waals surface area contributed by atoms with E-state index in [-0.39, 0.29) is 23.6 Å². The summed E-state index contributed by atoms with van der Waals surface area (Å²) in [5.41, 5.74) is 14.0. The smallest absolute Gasteiger partial charge is 0.224 e. The standard InChI is InChI=1S/C17H18FN7O/c18-11-3-1-10(2-4-11)13-9-26-6-5-25(13)8-12-7-21-16-14(22-12)15(19)23-17(20)24-16/h1-4,7,13H,5-6,8-9H2,(H4,19,20,21,23,24). The van der Waals surface area contributed by atoms with Crippen molar-refractivity contribution in [3.8, 4) is 0 Å². The fourth-order valence-corrected chi connectivity index (χ4v) is 3.09. The molecule has 0 amide bonds. The van der Waals surface area contributed by atoms with Gasteiger partial charge in [0, 0.05) is 13.1 Å². The first kappa shape index (κ1) is 16.6. The number of rotatable bonds is 3. The first-order valence-electron chi connectivity index (χ1n) is 8.22. The SMILES string of the molecule is Nc1nc(N)c2nc(CN3CCOCC3c3ccc(F)cc3)cnc2n1. The van der Waals surface area contributed by atoms with Crippen molar-refractivity contribution in [1.82, 2.24) is 24.8 Å². The highest BCUT2D eigenvalue weighted by molar-refractivity contribution is 5.81. The maximum atomic E-state index is 13.2. The quantitative estimate of drug-likeness (QED) is 0.722. The minimum absolute atomic E-state index is 0.0156. The summed E-state index contributed by atoms with van der Waals surface area (Å²) in [5, 5.41) is 0. The molecule has 0 saturated carbocycles.